The van der Waals surface area contributed by atoms with Gasteiger partial charge in [0, 0.05) is 18.7 Å². The smallest absolute Gasteiger partial charge is 0.253 e. The van der Waals surface area contributed by atoms with Crippen molar-refractivity contribution in [1.82, 2.24) is 4.90 Å². The quantitative estimate of drug-likeness (QED) is 0.818. The maximum Gasteiger partial charge on any atom is 0.253 e. The number of benzene rings is 1. The van der Waals surface area contributed by atoms with E-state index in [1.54, 1.807) is 25.3 Å². The Balaban J connectivity index is 3.03. The first-order chi connectivity index (χ1) is 10.2. The molecule has 21 heavy (non-hydrogen) atoms. The van der Waals surface area contributed by atoms with Crippen LogP contribution in [0.25, 0.3) is 0 Å². The lowest BCUT2D eigenvalue weighted by atomic mass is 10.1. The largest absolute Gasteiger partial charge is 0.495 e. The van der Waals surface area contributed by atoms with Crippen LogP contribution in [0.5, 0.6) is 5.75 Å². The Morgan fingerprint density at radius 2 is 2.14 bits per heavy atom. The molecule has 0 radical (unpaired) electrons. The Kier molecular flexibility index (Phi) is 7.34. The van der Waals surface area contributed by atoms with Crippen LogP contribution in [-0.2, 0) is 0 Å². The Morgan fingerprint density at radius 3 is 2.71 bits per heavy atom. The predicted molar refractivity (Wildman–Crippen MR) is 83.4 cm³/mol. The fraction of sp³-hybridized carbons (Fsp3) is 0.471. The topological polar surface area (TPSA) is 49.8 Å². The lowest BCUT2D eigenvalue weighted by Crippen LogP contribution is -2.31. The monoisotopic (exact) mass is 289 g/mol. The van der Waals surface area contributed by atoms with E-state index in [4.69, 9.17) is 9.84 Å². The average Bonchev–Trinajstić information content (AvgIpc) is 2.53. The lowest BCUT2D eigenvalue weighted by Gasteiger charge is -2.21. The molecule has 0 fully saturated rings. The number of amides is 1. The summed E-state index contributed by atoms with van der Waals surface area (Å²) in [6, 6.07) is 5.21. The molecule has 1 rings (SSSR count). The fourth-order valence-corrected chi connectivity index (χ4v) is 2.01. The number of ether oxygens (including phenoxy) is 1. The van der Waals surface area contributed by atoms with Crippen LogP contribution in [0.1, 0.15) is 42.6 Å². The highest BCUT2D eigenvalue weighted by atomic mass is 16.5. The Bertz CT molecular complexity index is 529. The number of methoxy groups -OCH3 is 1. The number of aliphatic hydroxyl groups is 1. The van der Waals surface area contributed by atoms with E-state index in [1.807, 2.05) is 11.8 Å². The molecule has 0 spiro atoms. The van der Waals surface area contributed by atoms with Crippen molar-refractivity contribution in [3.8, 4) is 17.6 Å². The Hall–Kier alpha value is -1.99. The van der Waals surface area contributed by atoms with E-state index in [-0.39, 0.29) is 12.5 Å². The number of nitrogens with zero attached hydrogens (tertiary/aromatic N) is 1. The maximum atomic E-state index is 12.5. The molecular weight excluding hydrogens is 266 g/mol. The third-order valence-corrected chi connectivity index (χ3v) is 3.20. The van der Waals surface area contributed by atoms with Gasteiger partial charge >= 0.3 is 0 Å². The molecule has 0 aliphatic carbocycles. The van der Waals surface area contributed by atoms with Gasteiger partial charge in [-0.3, -0.25) is 4.79 Å². The summed E-state index contributed by atoms with van der Waals surface area (Å²) in [5, 5.41) is 8.80. The zero-order valence-electron chi connectivity index (χ0n) is 13.0. The highest BCUT2D eigenvalue weighted by molar-refractivity contribution is 5.94. The van der Waals surface area contributed by atoms with Gasteiger partial charge in [0.2, 0.25) is 0 Å². The van der Waals surface area contributed by atoms with Crippen LogP contribution in [0, 0.1) is 11.8 Å². The normalized spacial score (nSPS) is 9.71. The second-order valence-electron chi connectivity index (χ2n) is 4.61. The summed E-state index contributed by atoms with van der Waals surface area (Å²) >= 11 is 0. The molecule has 1 aromatic rings. The third-order valence-electron chi connectivity index (χ3n) is 3.20. The number of hydrogen-bond donors (Lipinski definition) is 1. The molecule has 1 aromatic carbocycles. The Morgan fingerprint density at radius 1 is 1.38 bits per heavy atom. The summed E-state index contributed by atoms with van der Waals surface area (Å²) in [6.07, 6.45) is 2.05. The molecule has 0 saturated carbocycles. The Labute approximate surface area is 126 Å². The second-order valence-corrected chi connectivity index (χ2v) is 4.61. The van der Waals surface area contributed by atoms with E-state index in [0.717, 1.165) is 19.4 Å². The van der Waals surface area contributed by atoms with Crippen LogP contribution in [-0.4, -0.2) is 42.7 Å². The van der Waals surface area contributed by atoms with Crippen LogP contribution >= 0.6 is 0 Å². The SMILES string of the molecule is CCCCN(CC)C(=O)c1ccc(OC)c(C#CCO)c1. The number of hydrogen-bond acceptors (Lipinski definition) is 3. The van der Waals surface area contributed by atoms with E-state index < -0.39 is 0 Å². The first-order valence-electron chi connectivity index (χ1n) is 7.24. The van der Waals surface area contributed by atoms with E-state index in [9.17, 15) is 4.79 Å². The van der Waals surface area contributed by atoms with Gasteiger partial charge in [0.15, 0.2) is 0 Å². The van der Waals surface area contributed by atoms with Gasteiger partial charge in [0.25, 0.3) is 5.91 Å². The molecule has 114 valence electrons. The first kappa shape index (κ1) is 17.1. The molecule has 1 amide bonds. The van der Waals surface area contributed by atoms with Gasteiger partial charge in [0.05, 0.1) is 12.7 Å². The van der Waals surface area contributed by atoms with Gasteiger partial charge in [0.1, 0.15) is 12.4 Å². The zero-order valence-corrected chi connectivity index (χ0v) is 13.0. The van der Waals surface area contributed by atoms with Crippen LogP contribution < -0.4 is 4.74 Å². The van der Waals surface area contributed by atoms with Crippen LogP contribution in [0.3, 0.4) is 0 Å². The van der Waals surface area contributed by atoms with Crippen molar-refractivity contribution in [2.75, 3.05) is 26.8 Å². The molecule has 0 bridgehead atoms. The van der Waals surface area contributed by atoms with Crippen LogP contribution in [0.15, 0.2) is 18.2 Å². The molecule has 0 unspecified atom stereocenters. The van der Waals surface area contributed by atoms with Crippen molar-refractivity contribution in [3.05, 3.63) is 29.3 Å². The predicted octanol–water partition coefficient (Wildman–Crippen LogP) is 2.30. The first-order valence-corrected chi connectivity index (χ1v) is 7.24. The summed E-state index contributed by atoms with van der Waals surface area (Å²) in [4.78, 5) is 14.3. The second kappa shape index (κ2) is 9.04. The van der Waals surface area contributed by atoms with Crippen LogP contribution in [0.4, 0.5) is 0 Å². The standard InChI is InChI=1S/C17H23NO3/c1-4-6-11-18(5-2)17(20)15-9-10-16(21-3)14(13-15)8-7-12-19/h9-10,13,19H,4-6,11-12H2,1-3H3. The van der Waals surface area contributed by atoms with Gasteiger partial charge in [-0.25, -0.2) is 0 Å². The zero-order chi connectivity index (χ0) is 15.7. The van der Waals surface area contributed by atoms with Crippen LogP contribution in [0.2, 0.25) is 0 Å². The van der Waals surface area contributed by atoms with Crippen molar-refractivity contribution in [3.63, 3.8) is 0 Å². The number of unbranched alkanes of at least 4 members (excludes halogenated alkanes) is 1. The summed E-state index contributed by atoms with van der Waals surface area (Å²) < 4.78 is 5.22. The molecule has 0 aromatic heterocycles. The van der Waals surface area contributed by atoms with Gasteiger partial charge in [-0.15, -0.1) is 0 Å². The van der Waals surface area contributed by atoms with Gasteiger partial charge in [-0.2, -0.15) is 0 Å². The molecular formula is C17H23NO3. The molecule has 4 nitrogen and oxygen atoms in total. The van der Waals surface area contributed by atoms with Gasteiger partial charge in [-0.1, -0.05) is 25.2 Å². The van der Waals surface area contributed by atoms with E-state index >= 15 is 0 Å². The molecule has 4 heteroatoms. The summed E-state index contributed by atoms with van der Waals surface area (Å²) in [5.41, 5.74) is 1.21. The molecule has 0 aliphatic heterocycles. The molecule has 0 saturated heterocycles. The minimum absolute atomic E-state index is 0.000603. The highest BCUT2D eigenvalue weighted by Crippen LogP contribution is 2.20. The number of aliphatic hydroxyl groups excluding tert-OH is 1. The summed E-state index contributed by atoms with van der Waals surface area (Å²) in [7, 11) is 1.56. The van der Waals surface area contributed by atoms with Crippen molar-refractivity contribution in [2.24, 2.45) is 0 Å². The van der Waals surface area contributed by atoms with E-state index in [1.165, 1.54) is 0 Å². The molecule has 0 atom stereocenters. The fourth-order valence-electron chi connectivity index (χ4n) is 2.01. The van der Waals surface area contributed by atoms with Gasteiger partial charge in [-0.05, 0) is 31.5 Å². The van der Waals surface area contributed by atoms with Crippen molar-refractivity contribution in [2.45, 2.75) is 26.7 Å². The molecule has 1 N–H and O–H groups in total. The van der Waals surface area contributed by atoms with Crippen molar-refractivity contribution in [1.29, 1.82) is 0 Å². The summed E-state index contributed by atoms with van der Waals surface area (Å²) in [6.45, 7) is 5.30. The van der Waals surface area contributed by atoms with E-state index in [0.29, 0.717) is 23.4 Å². The number of carbonyl (C=O) groups is 1. The molecule has 0 heterocycles. The average molecular weight is 289 g/mol. The summed E-state index contributed by atoms with van der Waals surface area (Å²) in [5.74, 6) is 6.00. The minimum Gasteiger partial charge on any atom is -0.495 e. The highest BCUT2D eigenvalue weighted by Gasteiger charge is 2.15. The maximum absolute atomic E-state index is 12.5. The van der Waals surface area contributed by atoms with Crippen molar-refractivity contribution < 1.29 is 14.6 Å². The van der Waals surface area contributed by atoms with E-state index in [2.05, 4.69) is 18.8 Å². The molecule has 0 aliphatic rings. The van der Waals surface area contributed by atoms with Crippen molar-refractivity contribution >= 4 is 5.91 Å². The number of rotatable bonds is 6. The third kappa shape index (κ3) is 4.80. The van der Waals surface area contributed by atoms with Gasteiger partial charge < -0.3 is 14.7 Å². The lowest BCUT2D eigenvalue weighted by molar-refractivity contribution is 0.0762. The minimum atomic E-state index is -0.223. The number of carbonyl (C=O) groups excluding carboxylic acids is 1.